The SMILES string of the molecule is CCNC(=NCCc1ncc(C)s1)NCCOc1ncc(C(F)(F)F)cc1Cl.I. The second kappa shape index (κ2) is 12.4. The van der Waals surface area contributed by atoms with Gasteiger partial charge in [0, 0.05) is 36.8 Å². The lowest BCUT2D eigenvalue weighted by molar-refractivity contribution is -0.137. The van der Waals surface area contributed by atoms with E-state index in [4.69, 9.17) is 16.3 Å². The molecule has 0 aliphatic carbocycles. The number of aryl methyl sites for hydroxylation is 1. The number of nitrogens with zero attached hydrogens (tertiary/aromatic N) is 3. The van der Waals surface area contributed by atoms with E-state index < -0.39 is 11.7 Å². The van der Waals surface area contributed by atoms with E-state index in [1.54, 1.807) is 11.3 Å². The minimum absolute atomic E-state index is 0. The molecule has 0 unspecified atom stereocenters. The Morgan fingerprint density at radius 3 is 2.62 bits per heavy atom. The van der Waals surface area contributed by atoms with Gasteiger partial charge in [0.25, 0.3) is 0 Å². The molecule has 29 heavy (non-hydrogen) atoms. The van der Waals surface area contributed by atoms with Gasteiger partial charge in [-0.15, -0.1) is 35.3 Å². The predicted molar refractivity (Wildman–Crippen MR) is 120 cm³/mol. The number of aromatic nitrogens is 2. The van der Waals surface area contributed by atoms with Gasteiger partial charge in [-0.05, 0) is 19.9 Å². The molecule has 0 atom stereocenters. The van der Waals surface area contributed by atoms with Gasteiger partial charge in [-0.3, -0.25) is 4.99 Å². The summed E-state index contributed by atoms with van der Waals surface area (Å²) in [5.74, 6) is 0.573. The van der Waals surface area contributed by atoms with Crippen molar-refractivity contribution in [3.63, 3.8) is 0 Å². The lowest BCUT2D eigenvalue weighted by Crippen LogP contribution is -2.39. The van der Waals surface area contributed by atoms with E-state index in [9.17, 15) is 13.2 Å². The van der Waals surface area contributed by atoms with E-state index in [1.807, 2.05) is 20.0 Å². The average Bonchev–Trinajstić information content (AvgIpc) is 3.04. The molecule has 0 spiro atoms. The molecule has 2 rings (SSSR count). The molecule has 6 nitrogen and oxygen atoms in total. The first-order valence-corrected chi connectivity index (χ1v) is 9.78. The van der Waals surface area contributed by atoms with Gasteiger partial charge in [0.15, 0.2) is 5.96 Å². The van der Waals surface area contributed by atoms with Crippen LogP contribution in [-0.4, -0.2) is 42.2 Å². The van der Waals surface area contributed by atoms with Gasteiger partial charge >= 0.3 is 6.18 Å². The minimum atomic E-state index is -4.49. The molecule has 0 saturated heterocycles. The number of hydrogen-bond donors (Lipinski definition) is 2. The maximum Gasteiger partial charge on any atom is 0.417 e. The summed E-state index contributed by atoms with van der Waals surface area (Å²) < 4.78 is 43.2. The smallest absolute Gasteiger partial charge is 0.417 e. The monoisotopic (exact) mass is 563 g/mol. The largest absolute Gasteiger partial charge is 0.475 e. The van der Waals surface area contributed by atoms with Gasteiger partial charge in [0.1, 0.15) is 11.6 Å². The lowest BCUT2D eigenvalue weighted by Gasteiger charge is -2.13. The van der Waals surface area contributed by atoms with Gasteiger partial charge < -0.3 is 15.4 Å². The molecule has 2 aromatic rings. The van der Waals surface area contributed by atoms with Gasteiger partial charge in [-0.1, -0.05) is 11.6 Å². The Labute approximate surface area is 193 Å². The average molecular weight is 564 g/mol. The molecule has 0 fully saturated rings. The maximum atomic E-state index is 12.6. The van der Waals surface area contributed by atoms with Crippen LogP contribution in [0, 0.1) is 6.92 Å². The fourth-order valence-electron chi connectivity index (χ4n) is 2.13. The van der Waals surface area contributed by atoms with Gasteiger partial charge in [-0.25, -0.2) is 9.97 Å². The highest BCUT2D eigenvalue weighted by molar-refractivity contribution is 14.0. The molecule has 12 heteroatoms. The second-order valence-electron chi connectivity index (χ2n) is 5.66. The van der Waals surface area contributed by atoms with E-state index in [2.05, 4.69) is 25.6 Å². The van der Waals surface area contributed by atoms with Crippen molar-refractivity contribution in [1.29, 1.82) is 0 Å². The highest BCUT2D eigenvalue weighted by atomic mass is 127. The topological polar surface area (TPSA) is 71.4 Å². The van der Waals surface area contributed by atoms with Crippen LogP contribution in [0.25, 0.3) is 0 Å². The van der Waals surface area contributed by atoms with E-state index in [-0.39, 0.29) is 41.5 Å². The third kappa shape index (κ3) is 8.91. The molecular formula is C17H22ClF3IN5OS. The molecule has 0 aliphatic rings. The van der Waals surface area contributed by atoms with Crippen LogP contribution in [0.3, 0.4) is 0 Å². The Morgan fingerprint density at radius 1 is 1.28 bits per heavy atom. The Kier molecular flexibility index (Phi) is 11.0. The Morgan fingerprint density at radius 2 is 2.03 bits per heavy atom. The van der Waals surface area contributed by atoms with E-state index >= 15 is 0 Å². The number of thiazole rings is 1. The van der Waals surface area contributed by atoms with Crippen LogP contribution in [0.5, 0.6) is 5.88 Å². The number of nitrogens with one attached hydrogen (secondary N) is 2. The number of rotatable bonds is 8. The second-order valence-corrected chi connectivity index (χ2v) is 7.39. The first-order valence-electron chi connectivity index (χ1n) is 8.58. The van der Waals surface area contributed by atoms with Crippen LogP contribution in [0.1, 0.15) is 22.4 Å². The van der Waals surface area contributed by atoms with Crippen LogP contribution in [0.2, 0.25) is 5.02 Å². The first kappa shape index (κ1) is 25.7. The summed E-state index contributed by atoms with van der Waals surface area (Å²) in [5.41, 5.74) is -0.917. The molecule has 2 aromatic heterocycles. The number of alkyl halides is 3. The summed E-state index contributed by atoms with van der Waals surface area (Å²) in [6.07, 6.45) is -1.21. The summed E-state index contributed by atoms with van der Waals surface area (Å²) in [7, 11) is 0. The van der Waals surface area contributed by atoms with Crippen LogP contribution >= 0.6 is 46.9 Å². The van der Waals surface area contributed by atoms with E-state index in [0.29, 0.717) is 31.8 Å². The Balaban J connectivity index is 0.00000420. The zero-order chi connectivity index (χ0) is 20.6. The van der Waals surface area contributed by atoms with Gasteiger partial charge in [0.2, 0.25) is 5.88 Å². The van der Waals surface area contributed by atoms with Crippen molar-refractivity contribution in [2.24, 2.45) is 4.99 Å². The Bertz CT molecular complexity index is 804. The summed E-state index contributed by atoms with van der Waals surface area (Å²) in [4.78, 5) is 13.5. The molecule has 0 saturated carbocycles. The van der Waals surface area contributed by atoms with Crippen molar-refractivity contribution in [1.82, 2.24) is 20.6 Å². The predicted octanol–water partition coefficient (Wildman–Crippen LogP) is 4.31. The van der Waals surface area contributed by atoms with Gasteiger partial charge in [0.05, 0.1) is 17.1 Å². The summed E-state index contributed by atoms with van der Waals surface area (Å²) >= 11 is 7.45. The van der Waals surface area contributed by atoms with Crippen LogP contribution < -0.4 is 15.4 Å². The highest BCUT2D eigenvalue weighted by Crippen LogP contribution is 2.32. The molecule has 0 bridgehead atoms. The van der Waals surface area contributed by atoms with E-state index in [0.717, 1.165) is 22.4 Å². The van der Waals surface area contributed by atoms with Crippen molar-refractivity contribution in [3.05, 3.63) is 38.9 Å². The molecule has 2 heterocycles. The van der Waals surface area contributed by atoms with Gasteiger partial charge in [-0.2, -0.15) is 13.2 Å². The molecule has 162 valence electrons. The lowest BCUT2D eigenvalue weighted by atomic mass is 10.3. The number of halogens is 5. The number of aliphatic imine (C=N–C) groups is 1. The number of pyridine rings is 1. The molecule has 0 amide bonds. The molecule has 0 aromatic carbocycles. The fourth-order valence-corrected chi connectivity index (χ4v) is 3.12. The van der Waals surface area contributed by atoms with Crippen molar-refractivity contribution < 1.29 is 17.9 Å². The highest BCUT2D eigenvalue weighted by Gasteiger charge is 2.31. The van der Waals surface area contributed by atoms with Crippen LogP contribution in [0.15, 0.2) is 23.5 Å². The van der Waals surface area contributed by atoms with Crippen LogP contribution in [0.4, 0.5) is 13.2 Å². The minimum Gasteiger partial charge on any atom is -0.475 e. The zero-order valence-electron chi connectivity index (χ0n) is 15.8. The molecule has 0 aliphatic heterocycles. The fraction of sp³-hybridized carbons (Fsp3) is 0.471. The summed E-state index contributed by atoms with van der Waals surface area (Å²) in [6, 6.07) is 0.795. The standard InChI is InChI=1S/C17H21ClF3N5OS.HI/c1-3-22-16(23-5-4-14-25-9-11(2)28-14)24-6-7-27-15-13(18)8-12(10-26-15)17(19,20)21;/h8-10H,3-7H2,1-2H3,(H2,22,23,24);1H. The normalized spacial score (nSPS) is 11.7. The Hall–Kier alpha value is -1.34. The van der Waals surface area contributed by atoms with Crippen LogP contribution in [-0.2, 0) is 12.6 Å². The molecular weight excluding hydrogens is 542 g/mol. The summed E-state index contributed by atoms with van der Waals surface area (Å²) in [6.45, 7) is 5.76. The van der Waals surface area contributed by atoms with Crippen molar-refractivity contribution in [2.75, 3.05) is 26.2 Å². The van der Waals surface area contributed by atoms with Crippen molar-refractivity contribution in [2.45, 2.75) is 26.4 Å². The maximum absolute atomic E-state index is 12.6. The number of guanidine groups is 1. The third-order valence-corrected chi connectivity index (χ3v) is 4.62. The van der Waals surface area contributed by atoms with Crippen molar-refractivity contribution >= 4 is 52.9 Å². The molecule has 2 N–H and O–H groups in total. The molecule has 0 radical (unpaired) electrons. The number of hydrogen-bond acceptors (Lipinski definition) is 5. The first-order chi connectivity index (χ1) is 13.3. The van der Waals surface area contributed by atoms with E-state index in [1.165, 1.54) is 0 Å². The third-order valence-electron chi connectivity index (χ3n) is 3.38. The van der Waals surface area contributed by atoms with Crippen molar-refractivity contribution in [3.8, 4) is 5.88 Å². The number of ether oxygens (including phenoxy) is 1. The summed E-state index contributed by atoms with van der Waals surface area (Å²) in [5, 5.41) is 7.04. The zero-order valence-corrected chi connectivity index (χ0v) is 19.7. The quantitative estimate of drug-likeness (QED) is 0.217.